The second-order valence-corrected chi connectivity index (χ2v) is 6.63. The molecule has 0 radical (unpaired) electrons. The Morgan fingerprint density at radius 3 is 2.12 bits per heavy atom. The van der Waals surface area contributed by atoms with E-state index in [0.29, 0.717) is 10.8 Å². The lowest BCUT2D eigenvalue weighted by atomic mass is 9.77. The predicted molar refractivity (Wildman–Crippen MR) is 68.5 cm³/mol. The molecule has 1 atom stereocenters. The summed E-state index contributed by atoms with van der Waals surface area (Å²) in [5, 5.41) is 0. The van der Waals surface area contributed by atoms with Gasteiger partial charge < -0.3 is 0 Å². The molecule has 0 aliphatic heterocycles. The maximum atomic E-state index is 2.48. The molecule has 0 nitrogen and oxygen atoms in total. The zero-order valence-corrected chi connectivity index (χ0v) is 10.5. The fraction of sp³-hybridized carbons (Fsp3) is 0.625. The summed E-state index contributed by atoms with van der Waals surface area (Å²) in [6.07, 6.45) is 7.18. The van der Waals surface area contributed by atoms with Crippen molar-refractivity contribution in [2.75, 3.05) is 0 Å². The average molecular weight is 214 g/mol. The van der Waals surface area contributed by atoms with Gasteiger partial charge in [0, 0.05) is 0 Å². The van der Waals surface area contributed by atoms with Gasteiger partial charge in [-0.1, -0.05) is 44.2 Å². The molecule has 3 rings (SSSR count). The lowest BCUT2D eigenvalue weighted by Crippen LogP contribution is -2.14. The molecule has 0 aromatic heterocycles. The third-order valence-electron chi connectivity index (χ3n) is 4.88. The largest absolute Gasteiger partial charge is 0.0622 e. The van der Waals surface area contributed by atoms with Crippen LogP contribution in [0.1, 0.15) is 57.4 Å². The van der Waals surface area contributed by atoms with E-state index in [-0.39, 0.29) is 0 Å². The third kappa shape index (κ3) is 1.90. The van der Waals surface area contributed by atoms with Gasteiger partial charge in [0.05, 0.1) is 0 Å². The van der Waals surface area contributed by atoms with Crippen LogP contribution in [0.2, 0.25) is 0 Å². The molecule has 2 aliphatic carbocycles. The van der Waals surface area contributed by atoms with Crippen molar-refractivity contribution < 1.29 is 0 Å². The number of hydrogen-bond acceptors (Lipinski definition) is 0. The van der Waals surface area contributed by atoms with Crippen LogP contribution in [-0.4, -0.2) is 0 Å². The Morgan fingerprint density at radius 1 is 1.00 bits per heavy atom. The van der Waals surface area contributed by atoms with Crippen LogP contribution in [0.5, 0.6) is 0 Å². The monoisotopic (exact) mass is 214 g/mol. The van der Waals surface area contributed by atoms with Gasteiger partial charge in [0.2, 0.25) is 0 Å². The van der Waals surface area contributed by atoms with Gasteiger partial charge in [-0.3, -0.25) is 0 Å². The number of hydrogen-bond donors (Lipinski definition) is 0. The average Bonchev–Trinajstić information content (AvgIpc) is 3.19. The van der Waals surface area contributed by atoms with E-state index < -0.39 is 0 Å². The van der Waals surface area contributed by atoms with Crippen LogP contribution in [0, 0.1) is 10.8 Å². The molecule has 2 aliphatic rings. The summed E-state index contributed by atoms with van der Waals surface area (Å²) in [6.45, 7) is 4.95. The van der Waals surface area contributed by atoms with Gasteiger partial charge in [0.15, 0.2) is 0 Å². The Hall–Kier alpha value is -0.780. The number of rotatable bonds is 4. The first-order valence-electron chi connectivity index (χ1n) is 6.66. The summed E-state index contributed by atoms with van der Waals surface area (Å²) in [6, 6.07) is 11.2. The van der Waals surface area contributed by atoms with Crippen LogP contribution >= 0.6 is 0 Å². The second-order valence-electron chi connectivity index (χ2n) is 6.63. The highest BCUT2D eigenvalue weighted by Gasteiger charge is 2.50. The fourth-order valence-electron chi connectivity index (χ4n) is 2.91. The van der Waals surface area contributed by atoms with Gasteiger partial charge in [0.25, 0.3) is 0 Å². The number of benzene rings is 1. The van der Waals surface area contributed by atoms with Gasteiger partial charge in [-0.2, -0.15) is 0 Å². The SMILES string of the molecule is CC1(CC(c2ccccc2)C2(C)CC2)CC1. The van der Waals surface area contributed by atoms with Crippen LogP contribution < -0.4 is 0 Å². The van der Waals surface area contributed by atoms with Crippen molar-refractivity contribution in [2.45, 2.75) is 51.9 Å². The molecule has 2 saturated carbocycles. The van der Waals surface area contributed by atoms with Crippen LogP contribution in [-0.2, 0) is 0 Å². The lowest BCUT2D eigenvalue weighted by Gasteiger charge is -2.27. The Bertz CT molecular complexity index is 368. The molecule has 0 amide bonds. The maximum Gasteiger partial charge on any atom is -0.0103 e. The van der Waals surface area contributed by atoms with Crippen LogP contribution in [0.4, 0.5) is 0 Å². The summed E-state index contributed by atoms with van der Waals surface area (Å²) in [7, 11) is 0. The summed E-state index contributed by atoms with van der Waals surface area (Å²) in [5.74, 6) is 0.807. The Balaban J connectivity index is 1.85. The van der Waals surface area contributed by atoms with Crippen molar-refractivity contribution in [3.8, 4) is 0 Å². The molecule has 0 saturated heterocycles. The zero-order chi connectivity index (χ0) is 11.2. The molecule has 0 heterocycles. The van der Waals surface area contributed by atoms with E-state index >= 15 is 0 Å². The Labute approximate surface area is 99.1 Å². The summed E-state index contributed by atoms with van der Waals surface area (Å²) < 4.78 is 0. The first-order chi connectivity index (χ1) is 7.61. The molecule has 16 heavy (non-hydrogen) atoms. The topological polar surface area (TPSA) is 0 Å². The molecule has 2 fully saturated rings. The molecule has 1 aromatic carbocycles. The van der Waals surface area contributed by atoms with Gasteiger partial charge in [-0.15, -0.1) is 0 Å². The second kappa shape index (κ2) is 3.35. The molecular weight excluding hydrogens is 192 g/mol. The normalized spacial score (nSPS) is 26.1. The highest BCUT2D eigenvalue weighted by molar-refractivity contribution is 5.25. The standard InChI is InChI=1S/C16H22/c1-15(8-9-15)12-14(16(2)10-11-16)13-6-4-3-5-7-13/h3-7,14H,8-12H2,1-2H3. The zero-order valence-electron chi connectivity index (χ0n) is 10.5. The molecule has 0 heteroatoms. The van der Waals surface area contributed by atoms with Gasteiger partial charge in [0.1, 0.15) is 0 Å². The smallest absolute Gasteiger partial charge is 0.0103 e. The molecular formula is C16H22. The van der Waals surface area contributed by atoms with Gasteiger partial charge >= 0.3 is 0 Å². The van der Waals surface area contributed by atoms with Crippen molar-refractivity contribution in [2.24, 2.45) is 10.8 Å². The Kier molecular flexibility index (Phi) is 2.18. The van der Waals surface area contributed by atoms with Crippen LogP contribution in [0.15, 0.2) is 30.3 Å². The minimum absolute atomic E-state index is 0.618. The quantitative estimate of drug-likeness (QED) is 0.678. The molecule has 86 valence electrons. The molecule has 0 bridgehead atoms. The van der Waals surface area contributed by atoms with Crippen molar-refractivity contribution in [1.82, 2.24) is 0 Å². The van der Waals surface area contributed by atoms with E-state index in [0.717, 1.165) is 5.92 Å². The van der Waals surface area contributed by atoms with E-state index in [2.05, 4.69) is 44.2 Å². The molecule has 1 aromatic rings. The lowest BCUT2D eigenvalue weighted by molar-refractivity contribution is 0.343. The summed E-state index contributed by atoms with van der Waals surface area (Å²) >= 11 is 0. The molecule has 0 N–H and O–H groups in total. The van der Waals surface area contributed by atoms with Crippen molar-refractivity contribution >= 4 is 0 Å². The fourth-order valence-corrected chi connectivity index (χ4v) is 2.91. The van der Waals surface area contributed by atoms with Gasteiger partial charge in [-0.25, -0.2) is 0 Å². The Morgan fingerprint density at radius 2 is 1.62 bits per heavy atom. The first kappa shape index (κ1) is 10.4. The van der Waals surface area contributed by atoms with Crippen molar-refractivity contribution in [3.63, 3.8) is 0 Å². The van der Waals surface area contributed by atoms with E-state index in [4.69, 9.17) is 0 Å². The van der Waals surface area contributed by atoms with Gasteiger partial charge in [-0.05, 0) is 54.4 Å². The summed E-state index contributed by atoms with van der Waals surface area (Å²) in [5.41, 5.74) is 2.87. The highest BCUT2D eigenvalue weighted by atomic mass is 14.5. The van der Waals surface area contributed by atoms with Crippen LogP contribution in [0.3, 0.4) is 0 Å². The first-order valence-corrected chi connectivity index (χ1v) is 6.66. The van der Waals surface area contributed by atoms with E-state index in [1.54, 1.807) is 5.56 Å². The van der Waals surface area contributed by atoms with Crippen molar-refractivity contribution in [3.05, 3.63) is 35.9 Å². The minimum Gasteiger partial charge on any atom is -0.0622 e. The minimum atomic E-state index is 0.618. The molecule has 1 unspecified atom stereocenters. The molecule has 0 spiro atoms. The van der Waals surface area contributed by atoms with Crippen LogP contribution in [0.25, 0.3) is 0 Å². The van der Waals surface area contributed by atoms with E-state index in [9.17, 15) is 0 Å². The van der Waals surface area contributed by atoms with Crippen molar-refractivity contribution in [1.29, 1.82) is 0 Å². The predicted octanol–water partition coefficient (Wildman–Crippen LogP) is 4.76. The maximum absolute atomic E-state index is 2.48. The summed E-state index contributed by atoms with van der Waals surface area (Å²) in [4.78, 5) is 0. The highest BCUT2D eigenvalue weighted by Crippen LogP contribution is 2.62. The van der Waals surface area contributed by atoms with E-state index in [1.807, 2.05) is 0 Å². The third-order valence-corrected chi connectivity index (χ3v) is 4.88. The van der Waals surface area contributed by atoms with E-state index in [1.165, 1.54) is 32.1 Å².